The van der Waals surface area contributed by atoms with Gasteiger partial charge in [-0.25, -0.2) is 46.4 Å². The lowest BCUT2D eigenvalue weighted by Gasteiger charge is -2.35. The zero-order valence-electron chi connectivity index (χ0n) is 71.3. The van der Waals surface area contributed by atoms with E-state index in [-0.39, 0.29) is 42.9 Å². The molecule has 8 aliphatic rings. The Morgan fingerprint density at radius 3 is 1.00 bits per heavy atom. The van der Waals surface area contributed by atoms with Crippen LogP contribution in [-0.2, 0) is 4.79 Å². The summed E-state index contributed by atoms with van der Waals surface area (Å²) in [6.45, 7) is 21.9. The maximum atomic E-state index is 11.1. The number of benzene rings is 4. The standard InChI is InChI=1S/C25H27N5O.C25H30N4O2.C25H28N4O2.C19H18BrN3O.C6H10N2/c26-18-19-9-14-29(15-10-19)23-6-3-13-27-25(23)31-21-11-16-30(17-12-21)24-8-7-20-4-1-2-5-22(20)28-24;2*30-18-19-9-14-28(15-10-19)23-6-3-13-26-25(23)31-21-11-16-29(17-12-21)24-8-7-20-4-1-2-5-22(20)27-24;20-16-5-3-11-21-19(16)24-15-9-12-23(13-10-15)18-8-7-14-4-1-2-6-17(14)22-18;1-7-6-2-4-8-5-3-6/h1-8,13,19,21H,9-12,14-17H2;1-8,13,19,21,30H,9-12,14-18H2;1-8,13,18-19,21H,9-12,14-17H2;1-8,11,15H,9-10,12-13H2;6,8H,2-5H2. The van der Waals surface area contributed by atoms with Gasteiger partial charge in [-0.15, -0.1) is 0 Å². The highest BCUT2D eigenvalue weighted by atomic mass is 79.9. The smallest absolute Gasteiger partial charge is 0.237 e. The molecule has 8 fully saturated rings. The number of fused-ring (bicyclic) bond motifs is 4. The number of hydrogen-bond donors (Lipinski definition) is 2. The Kier molecular flexibility index (Phi) is 30.1. The predicted molar refractivity (Wildman–Crippen MR) is 501 cm³/mol. The van der Waals surface area contributed by atoms with Gasteiger partial charge in [0.1, 0.15) is 54.0 Å². The van der Waals surface area contributed by atoms with Gasteiger partial charge in [-0.05, 0) is 182 Å². The van der Waals surface area contributed by atoms with E-state index in [0.29, 0.717) is 23.7 Å². The lowest BCUT2D eigenvalue weighted by atomic mass is 9.97. The van der Waals surface area contributed by atoms with Gasteiger partial charge >= 0.3 is 0 Å². The number of anilines is 7. The highest BCUT2D eigenvalue weighted by Crippen LogP contribution is 2.38. The molecule has 25 heteroatoms. The van der Waals surface area contributed by atoms with Crippen LogP contribution in [0, 0.1) is 35.7 Å². The minimum Gasteiger partial charge on any atom is -0.473 e. The van der Waals surface area contributed by atoms with Gasteiger partial charge in [0, 0.05) is 234 Å². The fraction of sp³-hybridized carbons (Fsp3) is 0.410. The second-order valence-corrected chi connectivity index (χ2v) is 34.4. The first-order valence-corrected chi connectivity index (χ1v) is 45.7. The summed E-state index contributed by atoms with van der Waals surface area (Å²) in [5, 5.41) is 26.5. The SMILES string of the molecule is Brc1cccnc1OC1CCN(c2ccc3ccccc3n2)CC1.N#CC1CCN(c2cccnc2OC2CCN(c3ccc4ccccc4n3)CC2)CC1.O=CC1CCN(c2cccnc2OC2CCN(c3ccc4ccccc4n3)CC2)CC1.OCC1CCN(c2cccnc2OC2CCN(c3ccc4ccccc4n3)CC2)CC1.[C-]#[N+]C1CCNCC1. The number of carbonyl (C=O) groups excluding carboxylic acids is 1. The molecule has 8 aliphatic heterocycles. The summed E-state index contributed by atoms with van der Waals surface area (Å²) in [5.74, 6) is 7.81. The van der Waals surface area contributed by atoms with Gasteiger partial charge in [0.05, 0.1) is 49.7 Å². The molecule has 2 N–H and O–H groups in total. The highest BCUT2D eigenvalue weighted by molar-refractivity contribution is 9.10. The number of nitriles is 1. The average molecular weight is 1740 g/mol. The van der Waals surface area contributed by atoms with Gasteiger partial charge < -0.3 is 73.3 Å². The van der Waals surface area contributed by atoms with Crippen molar-refractivity contribution < 1.29 is 28.8 Å². The molecule has 20 rings (SSSR count). The third-order valence-electron chi connectivity index (χ3n) is 25.3. The molecule has 0 bridgehead atoms. The van der Waals surface area contributed by atoms with E-state index in [9.17, 15) is 9.90 Å². The molecule has 0 amide bonds. The average Bonchev–Trinajstić information content (AvgIpc) is 0.817. The van der Waals surface area contributed by atoms with Crippen molar-refractivity contribution in [2.24, 2.45) is 17.8 Å². The molecule has 125 heavy (non-hydrogen) atoms. The van der Waals surface area contributed by atoms with Crippen molar-refractivity contribution in [3.63, 3.8) is 0 Å². The summed E-state index contributed by atoms with van der Waals surface area (Å²) < 4.78 is 26.1. The van der Waals surface area contributed by atoms with Crippen LogP contribution in [0.1, 0.15) is 103 Å². The Balaban J connectivity index is 0.000000120. The van der Waals surface area contributed by atoms with Crippen LogP contribution in [0.3, 0.4) is 0 Å². The van der Waals surface area contributed by atoms with Crippen LogP contribution in [-0.4, -0.2) is 193 Å². The highest BCUT2D eigenvalue weighted by Gasteiger charge is 2.32. The number of aldehydes is 1. The number of para-hydroxylation sites is 4. The molecule has 8 saturated heterocycles. The lowest BCUT2D eigenvalue weighted by molar-refractivity contribution is -0.111. The van der Waals surface area contributed by atoms with Crippen molar-refractivity contribution >= 4 is 106 Å². The quantitative estimate of drug-likeness (QED) is 0.0636. The van der Waals surface area contributed by atoms with E-state index < -0.39 is 0 Å². The second kappa shape index (κ2) is 43.5. The Labute approximate surface area is 741 Å². The Hall–Kier alpha value is -12.0. The number of nitrogens with one attached hydrogen (secondary N) is 1. The van der Waals surface area contributed by atoms with Crippen molar-refractivity contribution in [2.75, 3.05) is 146 Å². The number of carbonyl (C=O) groups is 1. The molecule has 0 saturated carbocycles. The minimum atomic E-state index is 0.151. The summed E-state index contributed by atoms with van der Waals surface area (Å²) in [4.78, 5) is 68.1. The Morgan fingerprint density at radius 2 is 0.688 bits per heavy atom. The fourth-order valence-corrected chi connectivity index (χ4v) is 18.1. The third kappa shape index (κ3) is 23.1. The fourth-order valence-electron chi connectivity index (χ4n) is 17.8. The summed E-state index contributed by atoms with van der Waals surface area (Å²) in [6.07, 6.45) is 24.3. The van der Waals surface area contributed by atoms with E-state index in [4.69, 9.17) is 50.7 Å². The number of aliphatic hydroxyl groups excluding tert-OH is 1. The molecule has 0 atom stereocenters. The second-order valence-electron chi connectivity index (χ2n) is 33.5. The number of halogens is 1. The van der Waals surface area contributed by atoms with Gasteiger partial charge in [-0.3, -0.25) is 0 Å². The molecule has 0 aliphatic carbocycles. The van der Waals surface area contributed by atoms with Gasteiger partial charge in [-0.1, -0.05) is 72.8 Å². The van der Waals surface area contributed by atoms with Crippen molar-refractivity contribution in [1.29, 1.82) is 5.26 Å². The van der Waals surface area contributed by atoms with Crippen LogP contribution >= 0.6 is 15.9 Å². The topological polar surface area (TPSA) is 240 Å². The number of aliphatic hydroxyl groups is 1. The molecule has 646 valence electrons. The first kappa shape index (κ1) is 86.5. The maximum Gasteiger partial charge on any atom is 0.237 e. The molecule has 0 unspecified atom stereocenters. The first-order chi connectivity index (χ1) is 61.6. The first-order valence-electron chi connectivity index (χ1n) is 45.0. The van der Waals surface area contributed by atoms with Crippen molar-refractivity contribution in [3.8, 4) is 29.6 Å². The summed E-state index contributed by atoms with van der Waals surface area (Å²) in [7, 11) is 0. The maximum absolute atomic E-state index is 11.1. The van der Waals surface area contributed by atoms with E-state index in [2.05, 4.69) is 202 Å². The Bertz CT molecular complexity index is 5550. The van der Waals surface area contributed by atoms with Crippen LogP contribution in [0.4, 0.5) is 40.3 Å². The molecule has 0 radical (unpaired) electrons. The number of nitrogens with zero attached hydrogens (tertiary/aromatic N) is 17. The van der Waals surface area contributed by atoms with Crippen molar-refractivity contribution in [3.05, 3.63) is 235 Å². The van der Waals surface area contributed by atoms with Gasteiger partial charge in [-0.2, -0.15) is 5.26 Å². The number of rotatable bonds is 17. The number of hydrogen-bond acceptors (Lipinski definition) is 23. The summed E-state index contributed by atoms with van der Waals surface area (Å²) >= 11 is 3.49. The normalized spacial score (nSPS) is 18.1. The molecule has 12 aromatic rings. The molecule has 16 heterocycles. The van der Waals surface area contributed by atoms with E-state index in [1.807, 2.05) is 85.1 Å². The largest absolute Gasteiger partial charge is 0.473 e. The monoisotopic (exact) mass is 1740 g/mol. The third-order valence-corrected chi connectivity index (χ3v) is 25.9. The molecule has 4 aromatic carbocycles. The van der Waals surface area contributed by atoms with Crippen LogP contribution in [0.5, 0.6) is 23.5 Å². The predicted octanol–water partition coefficient (Wildman–Crippen LogP) is 17.5. The molecular formula is C100H113BrN18O6. The van der Waals surface area contributed by atoms with E-state index in [1.165, 1.54) is 21.5 Å². The number of aromatic nitrogens is 8. The lowest BCUT2D eigenvalue weighted by Crippen LogP contribution is -2.39. The number of piperidine rings is 8. The summed E-state index contributed by atoms with van der Waals surface area (Å²) in [6, 6.07) is 68.8. The van der Waals surface area contributed by atoms with E-state index >= 15 is 0 Å². The zero-order chi connectivity index (χ0) is 85.3. The molecule has 0 spiro atoms. The molecular weight excluding hydrogens is 1630 g/mol. The minimum absolute atomic E-state index is 0.151. The van der Waals surface area contributed by atoms with Crippen LogP contribution in [0.2, 0.25) is 0 Å². The van der Waals surface area contributed by atoms with E-state index in [0.717, 1.165) is 292 Å². The van der Waals surface area contributed by atoms with E-state index in [1.54, 1.807) is 18.6 Å². The summed E-state index contributed by atoms with van der Waals surface area (Å²) in [5.41, 5.74) is 7.35. The molecule has 8 aromatic heterocycles. The van der Waals surface area contributed by atoms with Gasteiger partial charge in [0.25, 0.3) is 0 Å². The van der Waals surface area contributed by atoms with Gasteiger partial charge in [0.2, 0.25) is 29.6 Å². The van der Waals surface area contributed by atoms with Crippen molar-refractivity contribution in [2.45, 2.75) is 133 Å². The number of ether oxygens (including phenoxy) is 4. The van der Waals surface area contributed by atoms with Gasteiger partial charge in [0.15, 0.2) is 0 Å². The van der Waals surface area contributed by atoms with Crippen LogP contribution < -0.4 is 58.6 Å². The molecule has 24 nitrogen and oxygen atoms in total. The Morgan fingerprint density at radius 1 is 0.384 bits per heavy atom. The van der Waals surface area contributed by atoms with Crippen molar-refractivity contribution in [1.82, 2.24) is 45.2 Å². The zero-order valence-corrected chi connectivity index (χ0v) is 72.9. The van der Waals surface area contributed by atoms with Crippen LogP contribution in [0.15, 0.2) is 223 Å². The van der Waals surface area contributed by atoms with Crippen LogP contribution in [0.25, 0.3) is 48.5 Å². The number of pyridine rings is 8.